The van der Waals surface area contributed by atoms with E-state index in [2.05, 4.69) is 10.1 Å². The lowest BCUT2D eigenvalue weighted by atomic mass is 9.96. The van der Waals surface area contributed by atoms with Crippen LogP contribution in [0.5, 0.6) is 0 Å². The first-order valence-electron chi connectivity index (χ1n) is 4.73. The lowest BCUT2D eigenvalue weighted by Gasteiger charge is -2.28. The van der Waals surface area contributed by atoms with Crippen LogP contribution >= 0.6 is 0 Å². The number of esters is 1. The quantitative estimate of drug-likeness (QED) is 0.720. The molecule has 0 aromatic heterocycles. The molecule has 1 heterocycles. The first-order valence-corrected chi connectivity index (χ1v) is 4.73. The molecule has 1 aromatic carbocycles. The molecule has 0 aliphatic carbocycles. The van der Waals surface area contributed by atoms with Crippen molar-refractivity contribution in [2.75, 3.05) is 13.7 Å². The summed E-state index contributed by atoms with van der Waals surface area (Å²) in [6, 6.07) is 8.00. The van der Waals surface area contributed by atoms with Crippen molar-refractivity contribution in [2.24, 2.45) is 0 Å². The maximum absolute atomic E-state index is 11.3. The predicted molar refractivity (Wildman–Crippen MR) is 53.1 cm³/mol. The van der Waals surface area contributed by atoms with E-state index in [1.807, 2.05) is 18.2 Å². The van der Waals surface area contributed by atoms with Gasteiger partial charge in [-0.05, 0) is 30.7 Å². The smallest absolute Gasteiger partial charge is 0.337 e. The van der Waals surface area contributed by atoms with Gasteiger partial charge in [-0.25, -0.2) is 4.79 Å². The Morgan fingerprint density at radius 1 is 1.57 bits per heavy atom. The van der Waals surface area contributed by atoms with E-state index in [0.717, 1.165) is 13.0 Å². The fourth-order valence-corrected chi connectivity index (χ4v) is 1.57. The number of carbonyl (C=O) groups is 1. The summed E-state index contributed by atoms with van der Waals surface area (Å²) in [7, 11) is 1.40. The van der Waals surface area contributed by atoms with Crippen LogP contribution in [0.3, 0.4) is 0 Å². The molecule has 0 spiro atoms. The highest BCUT2D eigenvalue weighted by molar-refractivity contribution is 5.89. The molecule has 0 bridgehead atoms. The number of ether oxygens (including phenoxy) is 1. The average Bonchev–Trinajstić information content (AvgIpc) is 2.14. The van der Waals surface area contributed by atoms with Gasteiger partial charge in [-0.15, -0.1) is 0 Å². The first kappa shape index (κ1) is 9.21. The minimum absolute atomic E-state index is 0.272. The van der Waals surface area contributed by atoms with E-state index >= 15 is 0 Å². The van der Waals surface area contributed by atoms with Gasteiger partial charge in [0.1, 0.15) is 0 Å². The van der Waals surface area contributed by atoms with Gasteiger partial charge in [0.2, 0.25) is 0 Å². The second-order valence-corrected chi connectivity index (χ2v) is 3.41. The Kier molecular flexibility index (Phi) is 2.50. The zero-order valence-corrected chi connectivity index (χ0v) is 8.12. The Hall–Kier alpha value is -1.35. The van der Waals surface area contributed by atoms with E-state index < -0.39 is 0 Å². The van der Waals surface area contributed by atoms with Crippen molar-refractivity contribution in [3.8, 4) is 0 Å². The minimum atomic E-state index is -0.272. The fourth-order valence-electron chi connectivity index (χ4n) is 1.57. The third-order valence-corrected chi connectivity index (χ3v) is 2.53. The summed E-state index contributed by atoms with van der Waals surface area (Å²) in [5.41, 5.74) is 1.79. The number of benzene rings is 1. The van der Waals surface area contributed by atoms with Gasteiger partial charge in [0, 0.05) is 6.04 Å². The Labute approximate surface area is 83.1 Å². The first-order chi connectivity index (χ1) is 6.81. The number of hydrogen-bond donors (Lipinski definition) is 1. The van der Waals surface area contributed by atoms with Gasteiger partial charge in [0.15, 0.2) is 0 Å². The van der Waals surface area contributed by atoms with E-state index in [1.165, 1.54) is 12.7 Å². The molecular weight excluding hydrogens is 178 g/mol. The molecule has 1 aliphatic heterocycles. The van der Waals surface area contributed by atoms with Crippen molar-refractivity contribution in [2.45, 2.75) is 12.5 Å². The second kappa shape index (κ2) is 3.80. The summed E-state index contributed by atoms with van der Waals surface area (Å²) >= 11 is 0. The molecule has 1 saturated heterocycles. The van der Waals surface area contributed by atoms with E-state index in [1.54, 1.807) is 6.07 Å². The number of rotatable bonds is 2. The monoisotopic (exact) mass is 191 g/mol. The molecular formula is C11H13NO2. The van der Waals surface area contributed by atoms with Crippen LogP contribution in [0.4, 0.5) is 0 Å². The van der Waals surface area contributed by atoms with Gasteiger partial charge < -0.3 is 10.1 Å². The Morgan fingerprint density at radius 2 is 2.36 bits per heavy atom. The van der Waals surface area contributed by atoms with Gasteiger partial charge in [-0.3, -0.25) is 0 Å². The van der Waals surface area contributed by atoms with E-state index in [4.69, 9.17) is 0 Å². The minimum Gasteiger partial charge on any atom is -0.465 e. The molecule has 1 fully saturated rings. The van der Waals surface area contributed by atoms with Crippen LogP contribution in [0, 0.1) is 0 Å². The van der Waals surface area contributed by atoms with Crippen LogP contribution in [-0.4, -0.2) is 19.6 Å². The SMILES string of the molecule is COC(=O)c1cccc(C2CCN2)c1. The van der Waals surface area contributed by atoms with Gasteiger partial charge >= 0.3 is 5.97 Å². The molecule has 74 valence electrons. The number of nitrogens with one attached hydrogen (secondary N) is 1. The topological polar surface area (TPSA) is 38.3 Å². The van der Waals surface area contributed by atoms with Gasteiger partial charge in [-0.2, -0.15) is 0 Å². The molecule has 1 aromatic rings. The summed E-state index contributed by atoms with van der Waals surface area (Å²) in [5, 5.41) is 3.29. The predicted octanol–water partition coefficient (Wildman–Crippen LogP) is 1.51. The molecule has 1 unspecified atom stereocenters. The highest BCUT2D eigenvalue weighted by Gasteiger charge is 2.19. The highest BCUT2D eigenvalue weighted by Crippen LogP contribution is 2.23. The summed E-state index contributed by atoms with van der Waals surface area (Å²) in [6.45, 7) is 1.06. The van der Waals surface area contributed by atoms with Gasteiger partial charge in [0.05, 0.1) is 12.7 Å². The van der Waals surface area contributed by atoms with Gasteiger partial charge in [-0.1, -0.05) is 12.1 Å². The number of carbonyl (C=O) groups excluding carboxylic acids is 1. The van der Waals surface area contributed by atoms with Crippen LogP contribution in [0.25, 0.3) is 0 Å². The molecule has 3 nitrogen and oxygen atoms in total. The summed E-state index contributed by atoms with van der Waals surface area (Å²) < 4.78 is 4.66. The van der Waals surface area contributed by atoms with Crippen LogP contribution in [0.1, 0.15) is 28.4 Å². The Bertz CT molecular complexity index is 345. The van der Waals surface area contributed by atoms with Crippen LogP contribution < -0.4 is 5.32 Å². The van der Waals surface area contributed by atoms with E-state index in [9.17, 15) is 4.79 Å². The summed E-state index contributed by atoms with van der Waals surface area (Å²) in [4.78, 5) is 11.3. The molecule has 1 N–H and O–H groups in total. The molecule has 2 rings (SSSR count). The Morgan fingerprint density at radius 3 is 2.93 bits per heavy atom. The lowest BCUT2D eigenvalue weighted by molar-refractivity contribution is 0.0600. The van der Waals surface area contributed by atoms with Crippen molar-refractivity contribution < 1.29 is 9.53 Å². The van der Waals surface area contributed by atoms with Crippen LogP contribution in [-0.2, 0) is 4.74 Å². The third-order valence-electron chi connectivity index (χ3n) is 2.53. The van der Waals surface area contributed by atoms with Crippen molar-refractivity contribution in [1.82, 2.24) is 5.32 Å². The highest BCUT2D eigenvalue weighted by atomic mass is 16.5. The van der Waals surface area contributed by atoms with Crippen LogP contribution in [0.15, 0.2) is 24.3 Å². The van der Waals surface area contributed by atoms with Crippen molar-refractivity contribution >= 4 is 5.97 Å². The maximum atomic E-state index is 11.3. The van der Waals surface area contributed by atoms with Crippen molar-refractivity contribution in [3.05, 3.63) is 35.4 Å². The largest absolute Gasteiger partial charge is 0.465 e. The molecule has 3 heteroatoms. The molecule has 0 amide bonds. The zero-order valence-electron chi connectivity index (χ0n) is 8.12. The van der Waals surface area contributed by atoms with E-state index in [-0.39, 0.29) is 5.97 Å². The third kappa shape index (κ3) is 1.63. The average molecular weight is 191 g/mol. The fraction of sp³-hybridized carbons (Fsp3) is 0.364. The summed E-state index contributed by atoms with van der Waals surface area (Å²) in [5.74, 6) is -0.272. The number of methoxy groups -OCH3 is 1. The molecule has 1 aliphatic rings. The maximum Gasteiger partial charge on any atom is 0.337 e. The molecule has 0 saturated carbocycles. The van der Waals surface area contributed by atoms with Crippen molar-refractivity contribution in [1.29, 1.82) is 0 Å². The zero-order chi connectivity index (χ0) is 9.97. The number of hydrogen-bond acceptors (Lipinski definition) is 3. The van der Waals surface area contributed by atoms with E-state index in [0.29, 0.717) is 11.6 Å². The Balaban J connectivity index is 2.21. The van der Waals surface area contributed by atoms with Crippen molar-refractivity contribution in [3.63, 3.8) is 0 Å². The molecule has 14 heavy (non-hydrogen) atoms. The van der Waals surface area contributed by atoms with Gasteiger partial charge in [0.25, 0.3) is 0 Å². The molecule has 0 radical (unpaired) electrons. The lowest BCUT2D eigenvalue weighted by Crippen LogP contribution is -2.34. The normalized spacial score (nSPS) is 19.9. The van der Waals surface area contributed by atoms with Crippen LogP contribution in [0.2, 0.25) is 0 Å². The molecule has 1 atom stereocenters. The second-order valence-electron chi connectivity index (χ2n) is 3.41. The standard InChI is InChI=1S/C11H13NO2/c1-14-11(13)9-4-2-3-8(7-9)10-5-6-12-10/h2-4,7,10,12H,5-6H2,1H3. The summed E-state index contributed by atoms with van der Waals surface area (Å²) in [6.07, 6.45) is 1.14.